The molecule has 0 spiro atoms. The lowest BCUT2D eigenvalue weighted by atomic mass is 9.92. The number of fused-ring (bicyclic) bond motifs is 1. The highest BCUT2D eigenvalue weighted by atomic mass is 35.5. The van der Waals surface area contributed by atoms with Crippen LogP contribution in [0.1, 0.15) is 38.5 Å². The molecule has 0 atom stereocenters. The largest absolute Gasteiger partial charge is 0.419 e. The topological polar surface area (TPSA) is 133 Å². The molecule has 2 aromatic rings. The Morgan fingerprint density at radius 3 is 2.70 bits per heavy atom. The lowest BCUT2D eigenvalue weighted by Gasteiger charge is -2.26. The van der Waals surface area contributed by atoms with Gasteiger partial charge < -0.3 is 15.5 Å². The van der Waals surface area contributed by atoms with Gasteiger partial charge in [0.15, 0.2) is 5.58 Å². The van der Waals surface area contributed by atoms with Crippen molar-refractivity contribution in [1.29, 1.82) is 0 Å². The fourth-order valence-electron chi connectivity index (χ4n) is 3.34. The van der Waals surface area contributed by atoms with Gasteiger partial charge in [0, 0.05) is 31.1 Å². The van der Waals surface area contributed by atoms with E-state index in [-0.39, 0.29) is 41.7 Å². The Hall–Kier alpha value is -2.39. The van der Waals surface area contributed by atoms with Gasteiger partial charge in [0.2, 0.25) is 5.91 Å². The second kappa shape index (κ2) is 9.01. The normalized spacial score (nSPS) is 19.4. The molecule has 1 aliphatic carbocycles. The standard InChI is InChI=1S/C17H22N4O5.ClH/c18-11-3-5-12(6-4-11)19-16(22)2-1-9-20-14-8-7-13(21(24)25)10-15(14)26-17(20)23;/h7-8,10-12H,1-6,9,18H2,(H,19,22);1H. The number of carbonyl (C=O) groups is 1. The summed E-state index contributed by atoms with van der Waals surface area (Å²) in [5.41, 5.74) is 6.38. The lowest BCUT2D eigenvalue weighted by Crippen LogP contribution is -2.40. The minimum Gasteiger partial charge on any atom is -0.407 e. The van der Waals surface area contributed by atoms with Gasteiger partial charge in [0.05, 0.1) is 16.5 Å². The highest BCUT2D eigenvalue weighted by Gasteiger charge is 2.20. The maximum absolute atomic E-state index is 12.1. The van der Waals surface area contributed by atoms with Crippen molar-refractivity contribution in [3.8, 4) is 0 Å². The molecule has 1 heterocycles. The van der Waals surface area contributed by atoms with E-state index >= 15 is 0 Å². The summed E-state index contributed by atoms with van der Waals surface area (Å²) in [6, 6.07) is 4.46. The number of aryl methyl sites for hydroxylation is 1. The van der Waals surface area contributed by atoms with Crippen molar-refractivity contribution < 1.29 is 14.1 Å². The molecule has 1 fully saturated rings. The van der Waals surface area contributed by atoms with Gasteiger partial charge >= 0.3 is 5.76 Å². The lowest BCUT2D eigenvalue weighted by molar-refractivity contribution is -0.384. The number of aromatic nitrogens is 1. The monoisotopic (exact) mass is 398 g/mol. The molecule has 1 aliphatic rings. The molecule has 148 valence electrons. The number of non-ortho nitro benzene ring substituents is 1. The van der Waals surface area contributed by atoms with Crippen molar-refractivity contribution in [1.82, 2.24) is 9.88 Å². The van der Waals surface area contributed by atoms with Gasteiger partial charge in [-0.05, 0) is 38.2 Å². The van der Waals surface area contributed by atoms with E-state index in [2.05, 4.69) is 5.32 Å². The smallest absolute Gasteiger partial charge is 0.407 e. The van der Waals surface area contributed by atoms with Gasteiger partial charge in [-0.15, -0.1) is 12.4 Å². The van der Waals surface area contributed by atoms with E-state index in [0.29, 0.717) is 24.9 Å². The van der Waals surface area contributed by atoms with Crippen LogP contribution in [0.4, 0.5) is 5.69 Å². The second-order valence-corrected chi connectivity index (χ2v) is 6.71. The number of hydrogen-bond donors (Lipinski definition) is 2. The Balaban J connectivity index is 0.00000261. The van der Waals surface area contributed by atoms with Crippen molar-refractivity contribution >= 4 is 35.1 Å². The number of nitrogens with one attached hydrogen (secondary N) is 1. The molecule has 0 radical (unpaired) electrons. The molecular formula is C17H23ClN4O5. The number of hydrogen-bond acceptors (Lipinski definition) is 6. The Morgan fingerprint density at radius 2 is 2.04 bits per heavy atom. The Kier molecular flexibility index (Phi) is 6.98. The van der Waals surface area contributed by atoms with Crippen LogP contribution in [0, 0.1) is 10.1 Å². The molecule has 3 N–H and O–H groups in total. The highest BCUT2D eigenvalue weighted by molar-refractivity contribution is 5.85. The maximum Gasteiger partial charge on any atom is 0.419 e. The minimum atomic E-state index is -0.581. The Bertz CT molecular complexity index is 870. The van der Waals surface area contributed by atoms with Crippen LogP contribution in [-0.4, -0.2) is 27.5 Å². The molecule has 1 aromatic carbocycles. The van der Waals surface area contributed by atoms with E-state index in [0.717, 1.165) is 25.7 Å². The van der Waals surface area contributed by atoms with E-state index in [1.165, 1.54) is 22.8 Å². The zero-order valence-corrected chi connectivity index (χ0v) is 15.6. The quantitative estimate of drug-likeness (QED) is 0.565. The summed E-state index contributed by atoms with van der Waals surface area (Å²) in [6.45, 7) is 0.312. The van der Waals surface area contributed by atoms with Crippen molar-refractivity contribution in [2.45, 2.75) is 57.2 Å². The summed E-state index contributed by atoms with van der Waals surface area (Å²) >= 11 is 0. The summed E-state index contributed by atoms with van der Waals surface area (Å²) in [7, 11) is 0. The van der Waals surface area contributed by atoms with Crippen LogP contribution in [0.5, 0.6) is 0 Å². The minimum absolute atomic E-state index is 0. The third-order valence-corrected chi connectivity index (χ3v) is 4.79. The van der Waals surface area contributed by atoms with Gasteiger partial charge in [0.1, 0.15) is 0 Å². The molecule has 0 aliphatic heterocycles. The summed E-state index contributed by atoms with van der Waals surface area (Å²) in [5.74, 6) is -0.621. The fourth-order valence-corrected chi connectivity index (χ4v) is 3.34. The molecule has 1 amide bonds. The third-order valence-electron chi connectivity index (χ3n) is 4.79. The van der Waals surface area contributed by atoms with Crippen molar-refractivity contribution in [3.05, 3.63) is 38.9 Å². The summed E-state index contributed by atoms with van der Waals surface area (Å²) in [4.78, 5) is 34.3. The van der Waals surface area contributed by atoms with Gasteiger partial charge in [-0.1, -0.05) is 0 Å². The van der Waals surface area contributed by atoms with Crippen LogP contribution in [-0.2, 0) is 11.3 Å². The highest BCUT2D eigenvalue weighted by Crippen LogP contribution is 2.20. The summed E-state index contributed by atoms with van der Waals surface area (Å²) in [5, 5.41) is 13.8. The van der Waals surface area contributed by atoms with E-state index in [9.17, 15) is 19.7 Å². The number of nitrogens with two attached hydrogens (primary N) is 1. The van der Waals surface area contributed by atoms with Gasteiger partial charge in [-0.3, -0.25) is 19.5 Å². The van der Waals surface area contributed by atoms with Crippen LogP contribution in [0.2, 0.25) is 0 Å². The first-order valence-electron chi connectivity index (χ1n) is 8.77. The van der Waals surface area contributed by atoms with Crippen molar-refractivity contribution in [2.24, 2.45) is 5.73 Å². The predicted molar refractivity (Wildman–Crippen MR) is 102 cm³/mol. The van der Waals surface area contributed by atoms with Crippen LogP contribution < -0.4 is 16.8 Å². The van der Waals surface area contributed by atoms with E-state index in [4.69, 9.17) is 10.2 Å². The van der Waals surface area contributed by atoms with Gasteiger partial charge in [-0.25, -0.2) is 4.79 Å². The molecule has 0 unspecified atom stereocenters. The SMILES string of the molecule is Cl.NC1CCC(NC(=O)CCCn2c(=O)oc3cc([N+](=O)[O-])ccc32)CC1. The number of halogens is 1. The summed E-state index contributed by atoms with van der Waals surface area (Å²) < 4.78 is 6.46. The number of nitrogens with zero attached hydrogens (tertiary/aromatic N) is 2. The molecule has 3 rings (SSSR count). The zero-order chi connectivity index (χ0) is 18.7. The van der Waals surface area contributed by atoms with E-state index < -0.39 is 10.7 Å². The molecule has 27 heavy (non-hydrogen) atoms. The van der Waals surface area contributed by atoms with Crippen LogP contribution in [0.3, 0.4) is 0 Å². The van der Waals surface area contributed by atoms with Crippen LogP contribution in [0.25, 0.3) is 11.1 Å². The fraction of sp³-hybridized carbons (Fsp3) is 0.529. The third kappa shape index (κ3) is 5.08. The zero-order valence-electron chi connectivity index (χ0n) is 14.8. The van der Waals surface area contributed by atoms with Crippen molar-refractivity contribution in [3.63, 3.8) is 0 Å². The van der Waals surface area contributed by atoms with Crippen LogP contribution >= 0.6 is 12.4 Å². The number of oxazole rings is 1. The first-order chi connectivity index (χ1) is 12.4. The average Bonchev–Trinajstić information content (AvgIpc) is 2.91. The molecule has 9 nitrogen and oxygen atoms in total. The first kappa shape index (κ1) is 20.9. The molecular weight excluding hydrogens is 376 g/mol. The number of amides is 1. The Labute approximate surface area is 161 Å². The van der Waals surface area contributed by atoms with Gasteiger partial charge in [-0.2, -0.15) is 0 Å². The number of rotatable bonds is 6. The van der Waals surface area contributed by atoms with E-state index in [1.807, 2.05) is 0 Å². The maximum atomic E-state index is 12.1. The molecule has 0 bridgehead atoms. The number of carbonyl (C=O) groups excluding carboxylic acids is 1. The van der Waals surface area contributed by atoms with Crippen molar-refractivity contribution in [2.75, 3.05) is 0 Å². The van der Waals surface area contributed by atoms with Crippen LogP contribution in [0.15, 0.2) is 27.4 Å². The van der Waals surface area contributed by atoms with E-state index in [1.54, 1.807) is 0 Å². The predicted octanol–water partition coefficient (Wildman–Crippen LogP) is 2.09. The second-order valence-electron chi connectivity index (χ2n) is 6.71. The first-order valence-corrected chi connectivity index (χ1v) is 8.77. The molecule has 1 saturated carbocycles. The number of nitro groups is 1. The number of nitro benzene ring substituents is 1. The molecule has 0 saturated heterocycles. The molecule has 1 aromatic heterocycles. The van der Waals surface area contributed by atoms with Gasteiger partial charge in [0.25, 0.3) is 5.69 Å². The number of benzene rings is 1. The Morgan fingerprint density at radius 1 is 1.33 bits per heavy atom. The summed E-state index contributed by atoms with van der Waals surface area (Å²) in [6.07, 6.45) is 4.42. The average molecular weight is 399 g/mol. The molecule has 10 heteroatoms.